The Morgan fingerprint density at radius 3 is 2.62 bits per heavy atom. The first-order valence-electron chi connectivity index (χ1n) is 8.12. The number of aryl methyl sites for hydroxylation is 2. The number of nitrogens with one attached hydrogen (secondary N) is 1. The summed E-state index contributed by atoms with van der Waals surface area (Å²) in [7, 11) is -1.75. The monoisotopic (exact) mass is 368 g/mol. The molecule has 0 aliphatic rings. The van der Waals surface area contributed by atoms with E-state index in [9.17, 15) is 8.42 Å². The molecular formula is C19H20N4O2S. The minimum atomic E-state index is -3.55. The van der Waals surface area contributed by atoms with Gasteiger partial charge in [-0.3, -0.25) is 9.67 Å². The zero-order valence-electron chi connectivity index (χ0n) is 14.6. The van der Waals surface area contributed by atoms with Crippen LogP contribution in [0.3, 0.4) is 0 Å². The summed E-state index contributed by atoms with van der Waals surface area (Å²) in [6.07, 6.45) is 3.28. The first-order valence-corrected chi connectivity index (χ1v) is 9.66. The lowest BCUT2D eigenvalue weighted by Gasteiger charge is -2.00. The second-order valence-corrected chi connectivity index (χ2v) is 7.59. The Bertz CT molecular complexity index is 1010. The van der Waals surface area contributed by atoms with Crippen LogP contribution in [0.4, 0.5) is 0 Å². The summed E-state index contributed by atoms with van der Waals surface area (Å²) in [5.74, 6) is 0. The fourth-order valence-corrected chi connectivity index (χ4v) is 3.22. The van der Waals surface area contributed by atoms with Gasteiger partial charge in [0.25, 0.3) is 0 Å². The molecule has 1 aromatic carbocycles. The van der Waals surface area contributed by atoms with Gasteiger partial charge in [0.1, 0.15) is 0 Å². The molecule has 0 saturated carbocycles. The zero-order chi connectivity index (χ0) is 18.6. The molecule has 0 aliphatic carbocycles. The minimum absolute atomic E-state index is 0.112. The van der Waals surface area contributed by atoms with Crippen LogP contribution in [0, 0.1) is 6.92 Å². The fourth-order valence-electron chi connectivity index (χ4n) is 2.44. The third-order valence-electron chi connectivity index (χ3n) is 3.83. The number of pyridine rings is 1. The largest absolute Gasteiger partial charge is 0.266 e. The number of rotatable bonds is 6. The van der Waals surface area contributed by atoms with Crippen LogP contribution in [-0.4, -0.2) is 23.2 Å². The smallest absolute Gasteiger partial charge is 0.234 e. The third-order valence-corrected chi connectivity index (χ3v) is 4.87. The van der Waals surface area contributed by atoms with Crippen molar-refractivity contribution in [3.05, 3.63) is 77.0 Å². The van der Waals surface area contributed by atoms with E-state index in [4.69, 9.17) is 0 Å². The Kier molecular flexibility index (Phi) is 5.29. The second kappa shape index (κ2) is 7.63. The van der Waals surface area contributed by atoms with Crippen molar-refractivity contribution >= 4 is 16.1 Å². The van der Waals surface area contributed by atoms with Crippen molar-refractivity contribution in [2.75, 3.05) is 0 Å². The summed E-state index contributed by atoms with van der Waals surface area (Å²) in [5.41, 5.74) is 4.20. The van der Waals surface area contributed by atoms with E-state index in [2.05, 4.69) is 14.8 Å². The predicted octanol–water partition coefficient (Wildman–Crippen LogP) is 2.88. The Morgan fingerprint density at radius 1 is 1.15 bits per heavy atom. The number of nitrogens with zero attached hydrogens (tertiary/aromatic N) is 3. The van der Waals surface area contributed by atoms with Crippen LogP contribution in [0.15, 0.2) is 60.1 Å². The van der Waals surface area contributed by atoms with Gasteiger partial charge in [0.15, 0.2) is 0 Å². The molecule has 2 heterocycles. The number of hydrogen-bond acceptors (Lipinski definition) is 4. The highest BCUT2D eigenvalue weighted by molar-refractivity contribution is 7.92. The van der Waals surface area contributed by atoms with E-state index in [1.807, 2.05) is 55.5 Å². The van der Waals surface area contributed by atoms with Gasteiger partial charge in [-0.25, -0.2) is 13.1 Å². The van der Waals surface area contributed by atoms with Crippen molar-refractivity contribution in [1.29, 1.82) is 0 Å². The van der Waals surface area contributed by atoms with Crippen LogP contribution >= 0.6 is 0 Å². The van der Waals surface area contributed by atoms with Gasteiger partial charge in [0, 0.05) is 18.7 Å². The minimum Gasteiger partial charge on any atom is -0.266 e. The summed E-state index contributed by atoms with van der Waals surface area (Å²) in [6, 6.07) is 15.1. The van der Waals surface area contributed by atoms with E-state index in [1.165, 1.54) is 5.41 Å². The fraction of sp³-hybridized carbons (Fsp3) is 0.158. The van der Waals surface area contributed by atoms with Crippen LogP contribution in [0.1, 0.15) is 16.8 Å². The second-order valence-electron chi connectivity index (χ2n) is 5.94. The molecule has 2 aromatic heterocycles. The van der Waals surface area contributed by atoms with Gasteiger partial charge < -0.3 is 0 Å². The quantitative estimate of drug-likeness (QED) is 0.726. The molecule has 3 aromatic rings. The molecule has 0 spiro atoms. The normalized spacial score (nSPS) is 11.9. The van der Waals surface area contributed by atoms with Gasteiger partial charge in [-0.05, 0) is 36.8 Å². The van der Waals surface area contributed by atoms with Gasteiger partial charge in [-0.15, -0.1) is 0 Å². The number of hydrogen-bond donors (Lipinski definition) is 1. The summed E-state index contributed by atoms with van der Waals surface area (Å²) >= 11 is 0. The molecule has 1 N–H and O–H groups in total. The molecule has 0 bridgehead atoms. The highest BCUT2D eigenvalue weighted by Gasteiger charge is 2.11. The maximum atomic E-state index is 12.2. The molecule has 0 amide bonds. The Morgan fingerprint density at radius 2 is 1.92 bits per heavy atom. The molecule has 26 heavy (non-hydrogen) atoms. The van der Waals surface area contributed by atoms with Gasteiger partial charge in [-0.1, -0.05) is 35.9 Å². The van der Waals surface area contributed by atoms with Crippen molar-refractivity contribution in [3.8, 4) is 11.4 Å². The van der Waals surface area contributed by atoms with E-state index >= 15 is 0 Å². The molecule has 0 atom stereocenters. The van der Waals surface area contributed by atoms with Gasteiger partial charge >= 0.3 is 0 Å². The highest BCUT2D eigenvalue weighted by atomic mass is 32.2. The Hall–Kier alpha value is -2.77. The van der Waals surface area contributed by atoms with E-state index in [1.54, 1.807) is 24.0 Å². The van der Waals surface area contributed by atoms with Crippen molar-refractivity contribution in [2.45, 2.75) is 13.5 Å². The van der Waals surface area contributed by atoms with Crippen LogP contribution in [-0.2, 0) is 23.6 Å². The summed E-state index contributed by atoms with van der Waals surface area (Å²) in [4.78, 5) is 4.29. The lowest BCUT2D eigenvalue weighted by atomic mass is 10.2. The van der Waals surface area contributed by atoms with Crippen LogP contribution in [0.2, 0.25) is 0 Å². The molecular weight excluding hydrogens is 348 g/mol. The average Bonchev–Trinajstić information content (AvgIpc) is 3.01. The Balaban J connectivity index is 1.67. The van der Waals surface area contributed by atoms with Gasteiger partial charge in [-0.2, -0.15) is 5.10 Å². The van der Waals surface area contributed by atoms with Crippen LogP contribution < -0.4 is 4.72 Å². The van der Waals surface area contributed by atoms with E-state index < -0.39 is 10.0 Å². The summed E-state index contributed by atoms with van der Waals surface area (Å²) in [5, 5.41) is 5.51. The SMILES string of the molecule is Cc1ccc(/C=C/S(=O)(=O)NCc2cc(-c3ccccn3)n(C)n2)cc1. The predicted molar refractivity (Wildman–Crippen MR) is 102 cm³/mol. The van der Waals surface area contributed by atoms with Crippen molar-refractivity contribution < 1.29 is 8.42 Å². The first-order chi connectivity index (χ1) is 12.4. The molecule has 0 fully saturated rings. The molecule has 0 saturated heterocycles. The van der Waals surface area contributed by atoms with Crippen molar-refractivity contribution in [3.63, 3.8) is 0 Å². The Labute approximate surface area is 153 Å². The van der Waals surface area contributed by atoms with E-state index in [0.29, 0.717) is 5.69 Å². The van der Waals surface area contributed by atoms with Gasteiger partial charge in [0.2, 0.25) is 10.0 Å². The number of aromatic nitrogens is 3. The molecule has 3 rings (SSSR count). The number of benzene rings is 1. The lowest BCUT2D eigenvalue weighted by molar-refractivity contribution is 0.589. The lowest BCUT2D eigenvalue weighted by Crippen LogP contribution is -2.20. The summed E-state index contributed by atoms with van der Waals surface area (Å²) < 4.78 is 28.5. The molecule has 6 nitrogen and oxygen atoms in total. The van der Waals surface area contributed by atoms with Crippen LogP contribution in [0.25, 0.3) is 17.5 Å². The van der Waals surface area contributed by atoms with Crippen molar-refractivity contribution in [2.24, 2.45) is 7.05 Å². The molecule has 7 heteroatoms. The highest BCUT2D eigenvalue weighted by Crippen LogP contribution is 2.17. The standard InChI is InChI=1S/C19H20N4O2S/c1-15-6-8-16(9-7-15)10-12-26(24,25)21-14-17-13-19(23(2)22-17)18-5-3-4-11-20-18/h3-13,21H,14H2,1-2H3/b12-10+. The maximum absolute atomic E-state index is 12.2. The van der Waals surface area contributed by atoms with E-state index in [0.717, 1.165) is 22.5 Å². The topological polar surface area (TPSA) is 76.9 Å². The zero-order valence-corrected chi connectivity index (χ0v) is 15.4. The first kappa shape index (κ1) is 18.0. The van der Waals surface area contributed by atoms with E-state index in [-0.39, 0.29) is 6.54 Å². The van der Waals surface area contributed by atoms with Crippen LogP contribution in [0.5, 0.6) is 0 Å². The maximum Gasteiger partial charge on any atom is 0.234 e. The summed E-state index contributed by atoms with van der Waals surface area (Å²) in [6.45, 7) is 2.10. The molecule has 0 aliphatic heterocycles. The molecule has 0 radical (unpaired) electrons. The third kappa shape index (κ3) is 4.65. The average molecular weight is 368 g/mol. The van der Waals surface area contributed by atoms with Crippen molar-refractivity contribution in [1.82, 2.24) is 19.5 Å². The molecule has 0 unspecified atom stereocenters. The molecule has 134 valence electrons. The number of sulfonamides is 1. The van der Waals surface area contributed by atoms with Gasteiger partial charge in [0.05, 0.1) is 23.6 Å².